The van der Waals surface area contributed by atoms with Gasteiger partial charge in [0, 0.05) is 13.5 Å². The van der Waals surface area contributed by atoms with Crippen LogP contribution in [0.4, 0.5) is 4.39 Å². The van der Waals surface area contributed by atoms with Gasteiger partial charge in [-0.25, -0.2) is 4.39 Å². The Kier molecular flexibility index (Phi) is 4.43. The summed E-state index contributed by atoms with van der Waals surface area (Å²) in [4.78, 5) is 14.1. The van der Waals surface area contributed by atoms with Gasteiger partial charge >= 0.3 is 0 Å². The number of halogens is 1. The van der Waals surface area contributed by atoms with Crippen molar-refractivity contribution in [2.24, 2.45) is 11.1 Å². The Balaban J connectivity index is 2.00. The van der Waals surface area contributed by atoms with E-state index in [9.17, 15) is 9.18 Å². The molecule has 20 heavy (non-hydrogen) atoms. The van der Waals surface area contributed by atoms with E-state index >= 15 is 0 Å². The third kappa shape index (κ3) is 3.01. The van der Waals surface area contributed by atoms with Crippen molar-refractivity contribution in [3.63, 3.8) is 0 Å². The largest absolute Gasteiger partial charge is 0.339 e. The average molecular weight is 278 g/mol. The predicted octanol–water partition coefficient (Wildman–Crippen LogP) is 2.86. The van der Waals surface area contributed by atoms with Crippen molar-refractivity contribution in [1.82, 2.24) is 4.90 Å². The third-order valence-electron chi connectivity index (χ3n) is 4.70. The van der Waals surface area contributed by atoms with Crippen LogP contribution in [-0.2, 0) is 4.79 Å². The molecule has 3 nitrogen and oxygen atoms in total. The van der Waals surface area contributed by atoms with Crippen LogP contribution in [0.2, 0.25) is 0 Å². The summed E-state index contributed by atoms with van der Waals surface area (Å²) >= 11 is 0. The number of hydrogen-bond donors (Lipinski definition) is 1. The first-order valence-corrected chi connectivity index (χ1v) is 7.19. The highest BCUT2D eigenvalue weighted by molar-refractivity contribution is 5.77. The van der Waals surface area contributed by atoms with Crippen molar-refractivity contribution < 1.29 is 9.18 Å². The standard InChI is InChI=1S/C16H23FN2O/c1-12(13-4-6-14(17)7-5-13)19(2)15(20)10-16(11-18)8-3-9-16/h4-7,12H,3,8-11,18H2,1-2H3. The Morgan fingerprint density at radius 1 is 1.40 bits per heavy atom. The van der Waals surface area contributed by atoms with Crippen LogP contribution < -0.4 is 5.73 Å². The SMILES string of the molecule is CC(c1ccc(F)cc1)N(C)C(=O)CC1(CN)CCC1. The van der Waals surface area contributed by atoms with Crippen LogP contribution in [0.5, 0.6) is 0 Å². The quantitative estimate of drug-likeness (QED) is 0.900. The minimum Gasteiger partial charge on any atom is -0.339 e. The summed E-state index contributed by atoms with van der Waals surface area (Å²) < 4.78 is 12.9. The smallest absolute Gasteiger partial charge is 0.223 e. The summed E-state index contributed by atoms with van der Waals surface area (Å²) in [5, 5.41) is 0. The van der Waals surface area contributed by atoms with Crippen molar-refractivity contribution >= 4 is 5.91 Å². The lowest BCUT2D eigenvalue weighted by atomic mass is 9.66. The summed E-state index contributed by atoms with van der Waals surface area (Å²) in [6, 6.07) is 6.25. The number of carbonyl (C=O) groups is 1. The minimum absolute atomic E-state index is 0.0217. The molecule has 0 bridgehead atoms. The molecule has 1 aromatic rings. The Morgan fingerprint density at radius 3 is 2.45 bits per heavy atom. The van der Waals surface area contributed by atoms with E-state index in [1.165, 1.54) is 18.6 Å². The molecular formula is C16H23FN2O. The maximum atomic E-state index is 12.9. The van der Waals surface area contributed by atoms with Crippen molar-refractivity contribution in [1.29, 1.82) is 0 Å². The molecule has 110 valence electrons. The number of nitrogens with zero attached hydrogens (tertiary/aromatic N) is 1. The summed E-state index contributed by atoms with van der Waals surface area (Å²) in [6.07, 6.45) is 3.79. The first-order valence-electron chi connectivity index (χ1n) is 7.19. The molecule has 1 atom stereocenters. The Bertz CT molecular complexity index is 462. The summed E-state index contributed by atoms with van der Waals surface area (Å²) in [6.45, 7) is 2.54. The first kappa shape index (κ1) is 15.0. The topological polar surface area (TPSA) is 46.3 Å². The molecule has 1 aliphatic rings. The molecule has 4 heteroatoms. The van der Waals surface area contributed by atoms with Gasteiger partial charge < -0.3 is 10.6 Å². The third-order valence-corrected chi connectivity index (χ3v) is 4.70. The second kappa shape index (κ2) is 5.92. The van der Waals surface area contributed by atoms with Crippen LogP contribution >= 0.6 is 0 Å². The van der Waals surface area contributed by atoms with Crippen LogP contribution in [0.15, 0.2) is 24.3 Å². The van der Waals surface area contributed by atoms with Crippen LogP contribution in [0, 0.1) is 11.2 Å². The number of hydrogen-bond acceptors (Lipinski definition) is 2. The van der Waals surface area contributed by atoms with E-state index in [-0.39, 0.29) is 23.2 Å². The summed E-state index contributed by atoms with van der Waals surface area (Å²) in [5.41, 5.74) is 6.77. The molecule has 2 N–H and O–H groups in total. The Morgan fingerprint density at radius 2 is 2.00 bits per heavy atom. The van der Waals surface area contributed by atoms with Gasteiger partial charge in [-0.3, -0.25) is 4.79 Å². The maximum absolute atomic E-state index is 12.9. The first-order chi connectivity index (χ1) is 9.47. The lowest BCUT2D eigenvalue weighted by Gasteiger charge is -2.41. The van der Waals surface area contributed by atoms with E-state index in [1.54, 1.807) is 24.1 Å². The maximum Gasteiger partial charge on any atom is 0.223 e. The Hall–Kier alpha value is -1.42. The van der Waals surface area contributed by atoms with Gasteiger partial charge in [0.1, 0.15) is 5.82 Å². The molecule has 0 aliphatic heterocycles. The van der Waals surface area contributed by atoms with Crippen LogP contribution in [0.3, 0.4) is 0 Å². The zero-order valence-corrected chi connectivity index (χ0v) is 12.2. The molecule has 1 aromatic carbocycles. The van der Waals surface area contributed by atoms with E-state index in [2.05, 4.69) is 0 Å². The highest BCUT2D eigenvalue weighted by Gasteiger charge is 2.38. The molecule has 1 amide bonds. The molecule has 1 fully saturated rings. The summed E-state index contributed by atoms with van der Waals surface area (Å²) in [7, 11) is 1.80. The molecular weight excluding hydrogens is 255 g/mol. The highest BCUT2D eigenvalue weighted by atomic mass is 19.1. The van der Waals surface area contributed by atoms with Gasteiger partial charge in [0.05, 0.1) is 6.04 Å². The molecule has 1 aliphatic carbocycles. The van der Waals surface area contributed by atoms with Crippen molar-refractivity contribution in [3.8, 4) is 0 Å². The molecule has 0 radical (unpaired) electrons. The molecule has 2 rings (SSSR count). The predicted molar refractivity (Wildman–Crippen MR) is 77.5 cm³/mol. The van der Waals surface area contributed by atoms with Gasteiger partial charge in [-0.15, -0.1) is 0 Å². The molecule has 0 aromatic heterocycles. The zero-order valence-electron chi connectivity index (χ0n) is 12.2. The zero-order chi connectivity index (χ0) is 14.8. The molecule has 0 saturated heterocycles. The van der Waals surface area contributed by atoms with E-state index in [4.69, 9.17) is 5.73 Å². The normalized spacial score (nSPS) is 18.2. The lowest BCUT2D eigenvalue weighted by Crippen LogP contribution is -2.42. The van der Waals surface area contributed by atoms with Gasteiger partial charge in [0.2, 0.25) is 5.91 Å². The van der Waals surface area contributed by atoms with Gasteiger partial charge in [-0.05, 0) is 49.4 Å². The van der Waals surface area contributed by atoms with Crippen LogP contribution in [0.1, 0.15) is 44.2 Å². The molecule has 0 heterocycles. The number of rotatable bonds is 5. The second-order valence-corrected chi connectivity index (χ2v) is 5.97. The lowest BCUT2D eigenvalue weighted by molar-refractivity contribution is -0.135. The van der Waals surface area contributed by atoms with Crippen molar-refractivity contribution in [2.75, 3.05) is 13.6 Å². The van der Waals surface area contributed by atoms with E-state index < -0.39 is 0 Å². The van der Waals surface area contributed by atoms with E-state index in [1.807, 2.05) is 6.92 Å². The fourth-order valence-corrected chi connectivity index (χ4v) is 2.76. The fraction of sp³-hybridized carbons (Fsp3) is 0.562. The number of nitrogens with two attached hydrogens (primary N) is 1. The monoisotopic (exact) mass is 278 g/mol. The number of carbonyl (C=O) groups excluding carboxylic acids is 1. The average Bonchev–Trinajstić information content (AvgIpc) is 2.42. The van der Waals surface area contributed by atoms with Crippen molar-refractivity contribution in [2.45, 2.75) is 38.6 Å². The van der Waals surface area contributed by atoms with Gasteiger partial charge in [0.15, 0.2) is 0 Å². The fourth-order valence-electron chi connectivity index (χ4n) is 2.76. The minimum atomic E-state index is -0.258. The highest BCUT2D eigenvalue weighted by Crippen LogP contribution is 2.43. The molecule has 1 unspecified atom stereocenters. The van der Waals surface area contributed by atoms with Gasteiger partial charge in [0.25, 0.3) is 0 Å². The Labute approximate surface area is 120 Å². The van der Waals surface area contributed by atoms with Gasteiger partial charge in [-0.1, -0.05) is 18.6 Å². The van der Waals surface area contributed by atoms with E-state index in [0.717, 1.165) is 18.4 Å². The second-order valence-electron chi connectivity index (χ2n) is 5.97. The summed E-state index contributed by atoms with van der Waals surface area (Å²) in [5.74, 6) is -0.140. The van der Waals surface area contributed by atoms with Crippen LogP contribution in [-0.4, -0.2) is 24.4 Å². The van der Waals surface area contributed by atoms with Crippen molar-refractivity contribution in [3.05, 3.63) is 35.6 Å². The van der Waals surface area contributed by atoms with E-state index in [0.29, 0.717) is 13.0 Å². The molecule has 1 saturated carbocycles. The van der Waals surface area contributed by atoms with Crippen LogP contribution in [0.25, 0.3) is 0 Å². The number of amides is 1. The molecule has 0 spiro atoms. The van der Waals surface area contributed by atoms with Gasteiger partial charge in [-0.2, -0.15) is 0 Å². The number of benzene rings is 1.